The zero-order chi connectivity index (χ0) is 10.9. The van der Waals surface area contributed by atoms with Crippen LogP contribution >= 0.6 is 0 Å². The lowest BCUT2D eigenvalue weighted by Gasteiger charge is -2.01. The van der Waals surface area contributed by atoms with Crippen molar-refractivity contribution in [2.24, 2.45) is 0 Å². The summed E-state index contributed by atoms with van der Waals surface area (Å²) in [5.41, 5.74) is -0.583. The summed E-state index contributed by atoms with van der Waals surface area (Å²) < 4.78 is 29.8. The Kier molecular flexibility index (Phi) is 5.67. The van der Waals surface area contributed by atoms with Gasteiger partial charge in [0.15, 0.2) is 0 Å². The normalized spacial score (nSPS) is 9.81. The zero-order valence-electron chi connectivity index (χ0n) is 7.91. The Labute approximate surface area is 90.8 Å². The van der Waals surface area contributed by atoms with Gasteiger partial charge in [-0.3, -0.25) is 4.55 Å². The lowest BCUT2D eigenvalue weighted by Crippen LogP contribution is -2.02. The van der Waals surface area contributed by atoms with Crippen molar-refractivity contribution in [2.45, 2.75) is 4.90 Å². The molecule has 1 aromatic carbocycles. The average molecular weight is 253 g/mol. The van der Waals surface area contributed by atoms with Crippen molar-refractivity contribution in [1.29, 1.82) is 0 Å². The van der Waals surface area contributed by atoms with Gasteiger partial charge in [-0.05, 0) is 18.2 Å². The number of hydrogen-bond donors (Lipinski definition) is 4. The largest absolute Gasteiger partial charge is 0.507 e. The predicted octanol–water partition coefficient (Wildman–Crippen LogP) is -0.326. The van der Waals surface area contributed by atoms with Crippen LogP contribution < -0.4 is 6.15 Å². The molecule has 1 aromatic rings. The maximum Gasteiger partial charge on any atom is 0.339 e. The third kappa shape index (κ3) is 3.47. The monoisotopic (exact) mass is 253 g/mol. The third-order valence-electron chi connectivity index (χ3n) is 1.50. The van der Waals surface area contributed by atoms with Crippen LogP contribution in [0.4, 0.5) is 0 Å². The molecule has 8 N–H and O–H groups in total. The van der Waals surface area contributed by atoms with Gasteiger partial charge in [-0.25, -0.2) is 4.79 Å². The van der Waals surface area contributed by atoms with Crippen LogP contribution in [0, 0.1) is 0 Å². The van der Waals surface area contributed by atoms with Gasteiger partial charge in [0.1, 0.15) is 11.3 Å². The number of phenols is 1. The third-order valence-corrected chi connectivity index (χ3v) is 2.35. The van der Waals surface area contributed by atoms with E-state index in [1.165, 1.54) is 0 Å². The van der Waals surface area contributed by atoms with Crippen molar-refractivity contribution in [2.75, 3.05) is 0 Å². The summed E-state index contributed by atoms with van der Waals surface area (Å²) in [6.07, 6.45) is 0. The number of carboxylic acids is 1. The second-order valence-electron chi connectivity index (χ2n) is 2.46. The van der Waals surface area contributed by atoms with E-state index in [9.17, 15) is 13.2 Å². The van der Waals surface area contributed by atoms with E-state index in [1.54, 1.807) is 0 Å². The molecule has 0 aromatic heterocycles. The van der Waals surface area contributed by atoms with Crippen LogP contribution in [-0.4, -0.2) is 34.6 Å². The number of rotatable bonds is 2. The number of aromatic carboxylic acids is 1. The Morgan fingerprint density at radius 1 is 1.25 bits per heavy atom. The Morgan fingerprint density at radius 3 is 2.12 bits per heavy atom. The molecule has 0 saturated heterocycles. The molecule has 0 spiro atoms. The van der Waals surface area contributed by atoms with E-state index in [-0.39, 0.29) is 11.6 Å². The van der Waals surface area contributed by atoms with Crippen LogP contribution in [-0.2, 0) is 10.1 Å². The average Bonchev–Trinajstić information content (AvgIpc) is 2.02. The number of hydrogen-bond acceptors (Lipinski definition) is 5. The van der Waals surface area contributed by atoms with Crippen molar-refractivity contribution >= 4 is 16.1 Å². The highest BCUT2D eigenvalue weighted by atomic mass is 32.2. The first-order valence-electron chi connectivity index (χ1n) is 3.36. The maximum atomic E-state index is 10.6. The lowest BCUT2D eigenvalue weighted by molar-refractivity contribution is 0.0693. The molecule has 1 rings (SSSR count). The van der Waals surface area contributed by atoms with Gasteiger partial charge in [0, 0.05) is 0 Å². The summed E-state index contributed by atoms with van der Waals surface area (Å²) in [6, 6.07) is 2.46. The topological polar surface area (TPSA) is 178 Å². The summed E-state index contributed by atoms with van der Waals surface area (Å²) in [6.45, 7) is 0. The molecule has 9 heteroatoms. The van der Waals surface area contributed by atoms with Gasteiger partial charge in [-0.2, -0.15) is 8.42 Å². The van der Waals surface area contributed by atoms with Crippen LogP contribution in [0.5, 0.6) is 5.75 Å². The van der Waals surface area contributed by atoms with Gasteiger partial charge in [0.05, 0.1) is 4.90 Å². The molecule has 0 unspecified atom stereocenters. The van der Waals surface area contributed by atoms with Gasteiger partial charge in [-0.15, -0.1) is 0 Å². The zero-order valence-corrected chi connectivity index (χ0v) is 8.73. The van der Waals surface area contributed by atoms with Gasteiger partial charge >= 0.3 is 5.97 Å². The molecule has 92 valence electrons. The summed E-state index contributed by atoms with van der Waals surface area (Å²) in [5, 5.41) is 17.5. The molecule has 8 nitrogen and oxygen atoms in total. The molecule has 0 radical (unpaired) electrons. The molecular weight excluding hydrogens is 242 g/mol. The number of carbonyl (C=O) groups is 1. The fraction of sp³-hybridized carbons (Fsp3) is 0. The van der Waals surface area contributed by atoms with E-state index in [0.29, 0.717) is 6.07 Å². The van der Waals surface area contributed by atoms with Crippen molar-refractivity contribution in [3.63, 3.8) is 0 Å². The fourth-order valence-electron chi connectivity index (χ4n) is 0.847. The van der Waals surface area contributed by atoms with Gasteiger partial charge in [-0.1, -0.05) is 0 Å². The van der Waals surface area contributed by atoms with E-state index in [0.717, 1.165) is 12.1 Å². The lowest BCUT2D eigenvalue weighted by atomic mass is 10.2. The van der Waals surface area contributed by atoms with Crippen LogP contribution in [0.25, 0.3) is 0 Å². The molecule has 0 aliphatic carbocycles. The van der Waals surface area contributed by atoms with E-state index >= 15 is 0 Å². The van der Waals surface area contributed by atoms with Crippen LogP contribution in [0.3, 0.4) is 0 Å². The van der Waals surface area contributed by atoms with E-state index in [2.05, 4.69) is 0 Å². The fourth-order valence-corrected chi connectivity index (χ4v) is 1.35. The Hall–Kier alpha value is -1.68. The number of aromatic hydroxyl groups is 1. The summed E-state index contributed by atoms with van der Waals surface area (Å²) in [7, 11) is -4.45. The van der Waals surface area contributed by atoms with Crippen molar-refractivity contribution in [3.05, 3.63) is 23.8 Å². The van der Waals surface area contributed by atoms with Crippen molar-refractivity contribution < 1.29 is 33.5 Å². The van der Waals surface area contributed by atoms with Gasteiger partial charge in [0.2, 0.25) is 0 Å². The molecule has 0 atom stereocenters. The first-order chi connectivity index (χ1) is 6.32. The Morgan fingerprint density at radius 2 is 1.75 bits per heavy atom. The smallest absolute Gasteiger partial charge is 0.339 e. The Balaban J connectivity index is 0. The van der Waals surface area contributed by atoms with Gasteiger partial charge < -0.3 is 21.8 Å². The summed E-state index contributed by atoms with van der Waals surface area (Å²) in [5.74, 6) is -2.04. The maximum absolute atomic E-state index is 10.6. The number of benzene rings is 1. The summed E-state index contributed by atoms with van der Waals surface area (Å²) in [4.78, 5) is 9.89. The SMILES string of the molecule is N.O.O=C(O)c1cc(S(=O)(=O)O)ccc1O. The second kappa shape index (κ2) is 5.42. The number of carboxylic acid groups (broad SMARTS) is 1. The summed E-state index contributed by atoms with van der Waals surface area (Å²) >= 11 is 0. The quantitative estimate of drug-likeness (QED) is 0.521. The van der Waals surface area contributed by atoms with Crippen LogP contribution in [0.15, 0.2) is 23.1 Å². The predicted molar refractivity (Wildman–Crippen MR) is 53.5 cm³/mol. The Bertz CT molecular complexity index is 482. The highest BCUT2D eigenvalue weighted by molar-refractivity contribution is 7.85. The minimum Gasteiger partial charge on any atom is -0.507 e. The first kappa shape index (κ1) is 16.7. The standard InChI is InChI=1S/C7H6O6S.H3N.H2O/c8-6-2-1-4(14(11,12)13)3-5(6)7(9)10;;/h1-3,8H,(H,9,10)(H,11,12,13);1H3;1H2. The second-order valence-corrected chi connectivity index (χ2v) is 3.88. The molecule has 0 heterocycles. The molecule has 0 aliphatic rings. The van der Waals surface area contributed by atoms with E-state index in [4.69, 9.17) is 14.8 Å². The first-order valence-corrected chi connectivity index (χ1v) is 4.80. The molecule has 0 amide bonds. The van der Waals surface area contributed by atoms with Crippen LogP contribution in [0.2, 0.25) is 0 Å². The molecule has 0 bridgehead atoms. The molecule has 16 heavy (non-hydrogen) atoms. The molecule has 0 aliphatic heterocycles. The van der Waals surface area contributed by atoms with E-state index in [1.807, 2.05) is 0 Å². The highest BCUT2D eigenvalue weighted by Gasteiger charge is 2.15. The van der Waals surface area contributed by atoms with Crippen molar-refractivity contribution in [3.8, 4) is 5.75 Å². The van der Waals surface area contributed by atoms with Crippen LogP contribution in [0.1, 0.15) is 10.4 Å². The molecule has 0 saturated carbocycles. The van der Waals surface area contributed by atoms with Gasteiger partial charge in [0.25, 0.3) is 10.1 Å². The molecular formula is C7H11NO7S. The minimum atomic E-state index is -4.45. The highest BCUT2D eigenvalue weighted by Crippen LogP contribution is 2.20. The minimum absolute atomic E-state index is 0. The van der Waals surface area contributed by atoms with E-state index < -0.39 is 32.3 Å². The van der Waals surface area contributed by atoms with Crippen molar-refractivity contribution in [1.82, 2.24) is 6.15 Å². The molecule has 0 fully saturated rings.